The minimum absolute atomic E-state index is 0.225. The maximum Gasteiger partial charge on any atom is 0.123 e. The van der Waals surface area contributed by atoms with E-state index in [1.54, 1.807) is 12.1 Å². The van der Waals surface area contributed by atoms with Crippen molar-refractivity contribution >= 4 is 5.69 Å². The molecule has 0 aliphatic heterocycles. The molecule has 58 valence electrons. The predicted molar refractivity (Wildman–Crippen MR) is 44.8 cm³/mol. The number of hydrogen-bond acceptors (Lipinski definition) is 1. The highest BCUT2D eigenvalue weighted by Gasteiger charge is 1.90. The van der Waals surface area contributed by atoms with Crippen LogP contribution in [0.1, 0.15) is 6.92 Å². The Labute approximate surface area is 65.6 Å². The van der Waals surface area contributed by atoms with Crippen LogP contribution in [0.3, 0.4) is 0 Å². The van der Waals surface area contributed by atoms with Gasteiger partial charge in [-0.15, -0.1) is 0 Å². The van der Waals surface area contributed by atoms with E-state index >= 15 is 0 Å². The molecule has 0 saturated heterocycles. The molecule has 0 aliphatic rings. The predicted octanol–water partition coefficient (Wildman–Crippen LogP) is 2.77. The van der Waals surface area contributed by atoms with Crippen LogP contribution in [0.15, 0.2) is 36.5 Å². The number of halogens is 1. The van der Waals surface area contributed by atoms with Gasteiger partial charge in [0, 0.05) is 11.4 Å². The first-order valence-corrected chi connectivity index (χ1v) is 3.36. The number of rotatable bonds is 2. The van der Waals surface area contributed by atoms with Gasteiger partial charge in [-0.25, -0.2) is 4.39 Å². The summed E-state index contributed by atoms with van der Waals surface area (Å²) in [5.41, 5.74) is 1.70. The van der Waals surface area contributed by atoms with Gasteiger partial charge in [-0.1, -0.05) is 6.58 Å². The van der Waals surface area contributed by atoms with E-state index in [1.807, 2.05) is 6.92 Å². The molecule has 0 atom stereocenters. The van der Waals surface area contributed by atoms with Crippen molar-refractivity contribution in [3.63, 3.8) is 0 Å². The van der Waals surface area contributed by atoms with Crippen molar-refractivity contribution in [3.8, 4) is 0 Å². The Kier molecular flexibility index (Phi) is 2.26. The molecule has 0 radical (unpaired) electrons. The molecule has 1 aromatic rings. The second-order valence-electron chi connectivity index (χ2n) is 2.41. The molecule has 0 aromatic heterocycles. The summed E-state index contributed by atoms with van der Waals surface area (Å²) < 4.78 is 12.4. The van der Waals surface area contributed by atoms with E-state index in [-0.39, 0.29) is 5.82 Å². The van der Waals surface area contributed by atoms with Crippen LogP contribution in [0.4, 0.5) is 10.1 Å². The first-order chi connectivity index (χ1) is 5.18. The molecular weight excluding hydrogens is 141 g/mol. The standard InChI is InChI=1S/C9H10FN/c1-7(2)11-9-5-3-8(10)4-6-9/h3-6,11H,1H2,2H3. The van der Waals surface area contributed by atoms with Crippen molar-refractivity contribution in [1.82, 2.24) is 0 Å². The minimum Gasteiger partial charge on any atom is -0.360 e. The molecule has 0 aliphatic carbocycles. The number of allylic oxidation sites excluding steroid dienone is 1. The highest BCUT2D eigenvalue weighted by molar-refractivity contribution is 5.46. The molecule has 11 heavy (non-hydrogen) atoms. The monoisotopic (exact) mass is 151 g/mol. The van der Waals surface area contributed by atoms with Crippen molar-refractivity contribution in [2.45, 2.75) is 6.92 Å². The normalized spacial score (nSPS) is 9.27. The average molecular weight is 151 g/mol. The lowest BCUT2D eigenvalue weighted by Crippen LogP contribution is -1.92. The fraction of sp³-hybridized carbons (Fsp3) is 0.111. The Morgan fingerprint density at radius 2 is 1.91 bits per heavy atom. The van der Waals surface area contributed by atoms with Crippen molar-refractivity contribution in [1.29, 1.82) is 0 Å². The summed E-state index contributed by atoms with van der Waals surface area (Å²) in [5, 5.41) is 2.97. The molecule has 2 heteroatoms. The molecule has 0 amide bonds. The van der Waals surface area contributed by atoms with Crippen LogP contribution >= 0.6 is 0 Å². The van der Waals surface area contributed by atoms with E-state index in [2.05, 4.69) is 11.9 Å². The second kappa shape index (κ2) is 3.19. The van der Waals surface area contributed by atoms with Gasteiger partial charge in [-0.2, -0.15) is 0 Å². The first-order valence-electron chi connectivity index (χ1n) is 3.36. The van der Waals surface area contributed by atoms with E-state index in [9.17, 15) is 4.39 Å². The third-order valence-electron chi connectivity index (χ3n) is 1.20. The summed E-state index contributed by atoms with van der Waals surface area (Å²) in [7, 11) is 0. The van der Waals surface area contributed by atoms with Gasteiger partial charge in [0.15, 0.2) is 0 Å². The number of benzene rings is 1. The van der Waals surface area contributed by atoms with Gasteiger partial charge in [0.25, 0.3) is 0 Å². The summed E-state index contributed by atoms with van der Waals surface area (Å²) in [6, 6.07) is 6.16. The van der Waals surface area contributed by atoms with E-state index in [4.69, 9.17) is 0 Å². The van der Waals surface area contributed by atoms with E-state index in [1.165, 1.54) is 12.1 Å². The fourth-order valence-electron chi connectivity index (χ4n) is 0.780. The Bertz CT molecular complexity index is 251. The number of anilines is 1. The molecular formula is C9H10FN. The Morgan fingerprint density at radius 3 is 2.36 bits per heavy atom. The van der Waals surface area contributed by atoms with Crippen LogP contribution in [0, 0.1) is 5.82 Å². The molecule has 1 aromatic carbocycles. The summed E-state index contributed by atoms with van der Waals surface area (Å²) >= 11 is 0. The van der Waals surface area contributed by atoms with Crippen molar-refractivity contribution in [3.05, 3.63) is 42.4 Å². The van der Waals surface area contributed by atoms with Crippen molar-refractivity contribution in [2.24, 2.45) is 0 Å². The van der Waals surface area contributed by atoms with Gasteiger partial charge in [0.2, 0.25) is 0 Å². The molecule has 0 heterocycles. The SMILES string of the molecule is C=C(C)Nc1ccc(F)cc1. The van der Waals surface area contributed by atoms with Gasteiger partial charge in [-0.05, 0) is 31.2 Å². The van der Waals surface area contributed by atoms with Gasteiger partial charge in [0.1, 0.15) is 5.82 Å². The fourth-order valence-corrected chi connectivity index (χ4v) is 0.780. The average Bonchev–Trinajstić information content (AvgIpc) is 1.93. The highest BCUT2D eigenvalue weighted by atomic mass is 19.1. The maximum absolute atomic E-state index is 12.4. The van der Waals surface area contributed by atoms with E-state index in [0.717, 1.165) is 11.4 Å². The zero-order valence-corrected chi connectivity index (χ0v) is 6.39. The van der Waals surface area contributed by atoms with Crippen molar-refractivity contribution < 1.29 is 4.39 Å². The van der Waals surface area contributed by atoms with Gasteiger partial charge < -0.3 is 5.32 Å². The Balaban J connectivity index is 2.74. The van der Waals surface area contributed by atoms with Crippen LogP contribution in [0.25, 0.3) is 0 Å². The van der Waals surface area contributed by atoms with Crippen LogP contribution in [-0.2, 0) is 0 Å². The summed E-state index contributed by atoms with van der Waals surface area (Å²) in [6.45, 7) is 5.52. The highest BCUT2D eigenvalue weighted by Crippen LogP contribution is 2.09. The minimum atomic E-state index is -0.225. The topological polar surface area (TPSA) is 12.0 Å². The summed E-state index contributed by atoms with van der Waals surface area (Å²) in [4.78, 5) is 0. The molecule has 1 nitrogen and oxygen atoms in total. The third kappa shape index (κ3) is 2.42. The van der Waals surface area contributed by atoms with Gasteiger partial charge in [-0.3, -0.25) is 0 Å². The second-order valence-corrected chi connectivity index (χ2v) is 2.41. The molecule has 0 saturated carbocycles. The maximum atomic E-state index is 12.4. The summed E-state index contributed by atoms with van der Waals surface area (Å²) in [6.07, 6.45) is 0. The number of hydrogen-bond donors (Lipinski definition) is 1. The largest absolute Gasteiger partial charge is 0.360 e. The van der Waals surface area contributed by atoms with Crippen LogP contribution in [0.2, 0.25) is 0 Å². The number of nitrogens with one attached hydrogen (secondary N) is 1. The molecule has 0 unspecified atom stereocenters. The molecule has 1 N–H and O–H groups in total. The molecule has 0 spiro atoms. The zero-order valence-electron chi connectivity index (χ0n) is 6.39. The smallest absolute Gasteiger partial charge is 0.123 e. The lowest BCUT2D eigenvalue weighted by atomic mass is 10.3. The quantitative estimate of drug-likeness (QED) is 0.685. The van der Waals surface area contributed by atoms with Gasteiger partial charge in [0.05, 0.1) is 0 Å². The lowest BCUT2D eigenvalue weighted by Gasteiger charge is -2.03. The third-order valence-corrected chi connectivity index (χ3v) is 1.20. The summed E-state index contributed by atoms with van der Waals surface area (Å²) in [5.74, 6) is -0.225. The Morgan fingerprint density at radius 1 is 1.36 bits per heavy atom. The zero-order chi connectivity index (χ0) is 8.27. The molecule has 0 fully saturated rings. The van der Waals surface area contributed by atoms with Crippen molar-refractivity contribution in [2.75, 3.05) is 5.32 Å². The van der Waals surface area contributed by atoms with Crippen LogP contribution in [-0.4, -0.2) is 0 Å². The van der Waals surface area contributed by atoms with Crippen LogP contribution < -0.4 is 5.32 Å². The van der Waals surface area contributed by atoms with Gasteiger partial charge >= 0.3 is 0 Å². The lowest BCUT2D eigenvalue weighted by molar-refractivity contribution is 0.628. The first kappa shape index (κ1) is 7.79. The van der Waals surface area contributed by atoms with E-state index < -0.39 is 0 Å². The van der Waals surface area contributed by atoms with Crippen LogP contribution in [0.5, 0.6) is 0 Å². The van der Waals surface area contributed by atoms with E-state index in [0.29, 0.717) is 0 Å². The molecule has 1 rings (SSSR count). The molecule has 0 bridgehead atoms. The Hall–Kier alpha value is -1.31.